The Bertz CT molecular complexity index is 328. The van der Waals surface area contributed by atoms with E-state index in [1.54, 1.807) is 6.92 Å². The molecule has 0 fully saturated rings. The number of benzene rings is 1. The molecule has 0 saturated carbocycles. The van der Waals surface area contributed by atoms with Crippen molar-refractivity contribution in [2.75, 3.05) is 19.7 Å². The van der Waals surface area contributed by atoms with Crippen LogP contribution < -0.4 is 10.1 Å². The first-order valence-electron chi connectivity index (χ1n) is 5.85. The van der Waals surface area contributed by atoms with Gasteiger partial charge in [-0.25, -0.2) is 0 Å². The van der Waals surface area contributed by atoms with Crippen LogP contribution in [0.15, 0.2) is 24.3 Å². The quantitative estimate of drug-likeness (QED) is 0.655. The van der Waals surface area contributed by atoms with Gasteiger partial charge in [0.2, 0.25) is 0 Å². The van der Waals surface area contributed by atoms with Crippen molar-refractivity contribution in [2.45, 2.75) is 26.1 Å². The molecule has 1 aromatic carbocycles. The lowest BCUT2D eigenvalue weighted by atomic mass is 10.2. The molecule has 0 aromatic heterocycles. The summed E-state index contributed by atoms with van der Waals surface area (Å²) < 4.78 is 5.50. The van der Waals surface area contributed by atoms with Crippen molar-refractivity contribution in [1.29, 1.82) is 0 Å². The Morgan fingerprint density at radius 1 is 1.24 bits per heavy atom. The maximum absolute atomic E-state index is 9.65. The third-order valence-electron chi connectivity index (χ3n) is 2.34. The molecule has 3 N–H and O–H groups in total. The summed E-state index contributed by atoms with van der Waals surface area (Å²) in [5.74, 6) is 0.794. The summed E-state index contributed by atoms with van der Waals surface area (Å²) >= 11 is 0. The van der Waals surface area contributed by atoms with Crippen molar-refractivity contribution in [2.24, 2.45) is 0 Å². The molecule has 0 unspecified atom stereocenters. The topological polar surface area (TPSA) is 61.7 Å². The van der Waals surface area contributed by atoms with Crippen molar-refractivity contribution in [1.82, 2.24) is 5.32 Å². The number of rotatable bonds is 7. The third-order valence-corrected chi connectivity index (χ3v) is 2.34. The second-order valence-corrected chi connectivity index (χ2v) is 4.24. The van der Waals surface area contributed by atoms with Crippen molar-refractivity contribution in [3.63, 3.8) is 0 Å². The summed E-state index contributed by atoms with van der Waals surface area (Å²) in [7, 11) is 0. The molecule has 0 radical (unpaired) electrons. The van der Waals surface area contributed by atoms with Gasteiger partial charge in [-0.15, -0.1) is 0 Å². The molecule has 1 aromatic rings. The van der Waals surface area contributed by atoms with Crippen LogP contribution in [0.1, 0.15) is 12.5 Å². The van der Waals surface area contributed by atoms with E-state index >= 15 is 0 Å². The molecule has 0 aliphatic carbocycles. The molecule has 4 heteroatoms. The van der Waals surface area contributed by atoms with Crippen molar-refractivity contribution in [3.8, 4) is 5.75 Å². The Morgan fingerprint density at radius 2 is 1.94 bits per heavy atom. The highest BCUT2D eigenvalue weighted by molar-refractivity contribution is 5.31. The SMILES string of the molecule is Cc1ccccc1OC[C@H](O)CNC[C@@H](C)O. The van der Waals surface area contributed by atoms with Crippen LogP contribution in [-0.4, -0.2) is 42.1 Å². The molecule has 1 rings (SSSR count). The molecule has 0 saturated heterocycles. The number of para-hydroxylation sites is 1. The maximum Gasteiger partial charge on any atom is 0.122 e. The molecule has 4 nitrogen and oxygen atoms in total. The average Bonchev–Trinajstić information content (AvgIpc) is 2.27. The zero-order chi connectivity index (χ0) is 12.7. The van der Waals surface area contributed by atoms with Gasteiger partial charge in [0.1, 0.15) is 18.5 Å². The predicted octanol–water partition coefficient (Wildman–Crippen LogP) is 0.705. The first-order chi connectivity index (χ1) is 8.09. The van der Waals surface area contributed by atoms with E-state index in [4.69, 9.17) is 9.84 Å². The first-order valence-corrected chi connectivity index (χ1v) is 5.85. The zero-order valence-corrected chi connectivity index (χ0v) is 10.4. The summed E-state index contributed by atoms with van der Waals surface area (Å²) in [6.45, 7) is 4.80. The molecule has 0 amide bonds. The van der Waals surface area contributed by atoms with Crippen LogP contribution in [0.4, 0.5) is 0 Å². The summed E-state index contributed by atoms with van der Waals surface area (Å²) in [4.78, 5) is 0. The summed E-state index contributed by atoms with van der Waals surface area (Å²) in [6.07, 6.45) is -0.979. The number of ether oxygens (including phenoxy) is 1. The number of aliphatic hydroxyl groups excluding tert-OH is 2. The van der Waals surface area contributed by atoms with E-state index in [1.807, 2.05) is 31.2 Å². The second-order valence-electron chi connectivity index (χ2n) is 4.24. The Kier molecular flexibility index (Phi) is 5.97. The van der Waals surface area contributed by atoms with Gasteiger partial charge >= 0.3 is 0 Å². The van der Waals surface area contributed by atoms with E-state index in [9.17, 15) is 5.11 Å². The highest BCUT2D eigenvalue weighted by Crippen LogP contribution is 2.16. The van der Waals surface area contributed by atoms with Crippen LogP contribution in [-0.2, 0) is 0 Å². The van der Waals surface area contributed by atoms with E-state index in [1.165, 1.54) is 0 Å². The molecule has 17 heavy (non-hydrogen) atoms. The van der Waals surface area contributed by atoms with Crippen molar-refractivity contribution < 1.29 is 14.9 Å². The van der Waals surface area contributed by atoms with E-state index in [2.05, 4.69) is 5.32 Å². The van der Waals surface area contributed by atoms with Crippen LogP contribution in [0.25, 0.3) is 0 Å². The van der Waals surface area contributed by atoms with Crippen molar-refractivity contribution >= 4 is 0 Å². The number of hydrogen-bond acceptors (Lipinski definition) is 4. The standard InChI is InChI=1S/C13H21NO3/c1-10-5-3-4-6-13(10)17-9-12(16)8-14-7-11(2)15/h3-6,11-12,14-16H,7-9H2,1-2H3/t11-,12-/m1/s1. The van der Waals surface area contributed by atoms with Gasteiger partial charge in [0.25, 0.3) is 0 Å². The van der Waals surface area contributed by atoms with Crippen molar-refractivity contribution in [3.05, 3.63) is 29.8 Å². The van der Waals surface area contributed by atoms with Crippen LogP contribution in [0.3, 0.4) is 0 Å². The first kappa shape index (κ1) is 14.0. The monoisotopic (exact) mass is 239 g/mol. The normalized spacial score (nSPS) is 14.4. The van der Waals surface area contributed by atoms with E-state index in [0.29, 0.717) is 13.1 Å². The van der Waals surface area contributed by atoms with Gasteiger partial charge in [0, 0.05) is 13.1 Å². The fourth-order valence-electron chi connectivity index (χ4n) is 1.42. The third kappa shape index (κ3) is 5.68. The lowest BCUT2D eigenvalue weighted by molar-refractivity contribution is 0.101. The number of hydrogen-bond donors (Lipinski definition) is 3. The second kappa shape index (κ2) is 7.27. The Balaban J connectivity index is 2.24. The molecule has 0 heterocycles. The maximum atomic E-state index is 9.65. The van der Waals surface area contributed by atoms with Crippen LogP contribution in [0.5, 0.6) is 5.75 Å². The molecular formula is C13H21NO3. The minimum absolute atomic E-state index is 0.248. The molecule has 2 atom stereocenters. The highest BCUT2D eigenvalue weighted by atomic mass is 16.5. The highest BCUT2D eigenvalue weighted by Gasteiger charge is 2.06. The Hall–Kier alpha value is -1.10. The molecule has 0 aliphatic rings. The number of nitrogens with one attached hydrogen (secondary N) is 1. The van der Waals surface area contributed by atoms with Gasteiger partial charge < -0.3 is 20.3 Å². The largest absolute Gasteiger partial charge is 0.491 e. The smallest absolute Gasteiger partial charge is 0.122 e. The fourth-order valence-corrected chi connectivity index (χ4v) is 1.42. The lowest BCUT2D eigenvalue weighted by Crippen LogP contribution is -2.35. The lowest BCUT2D eigenvalue weighted by Gasteiger charge is -2.15. The molecule has 0 spiro atoms. The van der Waals surface area contributed by atoms with Gasteiger partial charge in [-0.2, -0.15) is 0 Å². The molecule has 0 bridgehead atoms. The number of aryl methyl sites for hydroxylation is 1. The van der Waals surface area contributed by atoms with Gasteiger partial charge in [-0.3, -0.25) is 0 Å². The molecular weight excluding hydrogens is 218 g/mol. The van der Waals surface area contributed by atoms with Crippen LogP contribution in [0, 0.1) is 6.92 Å². The Morgan fingerprint density at radius 3 is 2.59 bits per heavy atom. The van der Waals surface area contributed by atoms with Gasteiger partial charge in [0.05, 0.1) is 6.10 Å². The Labute approximate surface area is 102 Å². The van der Waals surface area contributed by atoms with E-state index < -0.39 is 12.2 Å². The van der Waals surface area contributed by atoms with Crippen LogP contribution >= 0.6 is 0 Å². The summed E-state index contributed by atoms with van der Waals surface area (Å²) in [6, 6.07) is 7.70. The van der Waals surface area contributed by atoms with E-state index in [-0.39, 0.29) is 6.61 Å². The summed E-state index contributed by atoms with van der Waals surface area (Å²) in [5, 5.41) is 21.6. The average molecular weight is 239 g/mol. The summed E-state index contributed by atoms with van der Waals surface area (Å²) in [5.41, 5.74) is 1.05. The predicted molar refractivity (Wildman–Crippen MR) is 67.2 cm³/mol. The van der Waals surface area contributed by atoms with Crippen LogP contribution in [0.2, 0.25) is 0 Å². The minimum Gasteiger partial charge on any atom is -0.491 e. The zero-order valence-electron chi connectivity index (χ0n) is 10.4. The number of aliphatic hydroxyl groups is 2. The molecule has 0 aliphatic heterocycles. The minimum atomic E-state index is -0.576. The van der Waals surface area contributed by atoms with Gasteiger partial charge in [0.15, 0.2) is 0 Å². The van der Waals surface area contributed by atoms with Gasteiger partial charge in [-0.1, -0.05) is 18.2 Å². The van der Waals surface area contributed by atoms with E-state index in [0.717, 1.165) is 11.3 Å². The van der Waals surface area contributed by atoms with Gasteiger partial charge in [-0.05, 0) is 25.5 Å². The fraction of sp³-hybridized carbons (Fsp3) is 0.538. The molecule has 96 valence electrons.